The number of benzene rings is 1. The Hall–Kier alpha value is -1.03. The quantitative estimate of drug-likeness (QED) is 0.844. The summed E-state index contributed by atoms with van der Waals surface area (Å²) in [4.78, 5) is 3.80. The maximum Gasteiger partial charge on any atom is 0.0931 e. The number of nitrogens with two attached hydrogens (primary N) is 1. The van der Waals surface area contributed by atoms with Gasteiger partial charge in [-0.2, -0.15) is 0 Å². The largest absolute Gasteiger partial charge is 0.398 e. The average Bonchev–Trinajstić information content (AvgIpc) is 2.85. The molecule has 2 N–H and O–H groups in total. The highest BCUT2D eigenvalue weighted by Gasteiger charge is 2.23. The first-order valence-corrected chi connectivity index (χ1v) is 7.70. The van der Waals surface area contributed by atoms with Crippen molar-refractivity contribution in [3.8, 4) is 0 Å². The molecule has 0 saturated carbocycles. The summed E-state index contributed by atoms with van der Waals surface area (Å²) in [5, 5.41) is 0. The van der Waals surface area contributed by atoms with Crippen LogP contribution in [0.25, 0.3) is 0 Å². The molecule has 1 aliphatic heterocycles. The first kappa shape index (κ1) is 13.0. The van der Waals surface area contributed by atoms with E-state index >= 15 is 0 Å². The van der Waals surface area contributed by atoms with Crippen LogP contribution < -0.4 is 5.73 Å². The molecule has 19 heavy (non-hydrogen) atoms. The average molecular weight is 293 g/mol. The van der Waals surface area contributed by atoms with Crippen molar-refractivity contribution in [3.63, 3.8) is 0 Å². The van der Waals surface area contributed by atoms with Crippen LogP contribution in [0.3, 0.4) is 0 Å². The summed E-state index contributed by atoms with van der Waals surface area (Å²) < 4.78 is 0.860. The lowest BCUT2D eigenvalue weighted by atomic mass is 9.97. The third-order valence-electron chi connectivity index (χ3n) is 3.89. The zero-order valence-electron chi connectivity index (χ0n) is 10.9. The van der Waals surface area contributed by atoms with Gasteiger partial charge >= 0.3 is 0 Å². The van der Waals surface area contributed by atoms with Gasteiger partial charge in [-0.15, -0.1) is 11.3 Å². The van der Waals surface area contributed by atoms with E-state index in [-0.39, 0.29) is 0 Å². The number of rotatable bonds is 2. The third kappa shape index (κ3) is 2.50. The SMILES string of the molecule is CC(c1ccc(Cl)s1)N1CCc2cccc(N)c2C1. The van der Waals surface area contributed by atoms with Crippen LogP contribution in [0.2, 0.25) is 4.34 Å². The predicted molar refractivity (Wildman–Crippen MR) is 82.7 cm³/mol. The van der Waals surface area contributed by atoms with Crippen LogP contribution in [0.5, 0.6) is 0 Å². The van der Waals surface area contributed by atoms with E-state index in [0.29, 0.717) is 6.04 Å². The van der Waals surface area contributed by atoms with Crippen molar-refractivity contribution in [2.75, 3.05) is 12.3 Å². The van der Waals surface area contributed by atoms with E-state index < -0.39 is 0 Å². The molecule has 1 aromatic heterocycles. The van der Waals surface area contributed by atoms with Gasteiger partial charge in [0.05, 0.1) is 4.34 Å². The van der Waals surface area contributed by atoms with Gasteiger partial charge in [0.15, 0.2) is 0 Å². The molecule has 100 valence electrons. The molecule has 2 heterocycles. The van der Waals surface area contributed by atoms with Crippen molar-refractivity contribution < 1.29 is 0 Å². The van der Waals surface area contributed by atoms with Gasteiger partial charge in [-0.05, 0) is 42.7 Å². The Balaban J connectivity index is 1.83. The van der Waals surface area contributed by atoms with Crippen molar-refractivity contribution in [2.24, 2.45) is 0 Å². The second kappa shape index (κ2) is 5.16. The summed E-state index contributed by atoms with van der Waals surface area (Å²) >= 11 is 7.70. The van der Waals surface area contributed by atoms with Gasteiger partial charge in [-0.1, -0.05) is 23.7 Å². The Morgan fingerprint density at radius 1 is 1.32 bits per heavy atom. The molecule has 0 amide bonds. The van der Waals surface area contributed by atoms with Crippen molar-refractivity contribution in [1.29, 1.82) is 0 Å². The molecule has 0 bridgehead atoms. The fraction of sp³-hybridized carbons (Fsp3) is 0.333. The van der Waals surface area contributed by atoms with Crippen LogP contribution in [0.4, 0.5) is 5.69 Å². The monoisotopic (exact) mass is 292 g/mol. The Bertz CT molecular complexity index is 594. The molecule has 0 fully saturated rings. The van der Waals surface area contributed by atoms with Crippen molar-refractivity contribution >= 4 is 28.6 Å². The van der Waals surface area contributed by atoms with Crippen molar-refractivity contribution in [2.45, 2.75) is 25.9 Å². The van der Waals surface area contributed by atoms with E-state index in [1.807, 2.05) is 18.2 Å². The summed E-state index contributed by atoms with van der Waals surface area (Å²) in [6.45, 7) is 4.25. The minimum atomic E-state index is 0.394. The topological polar surface area (TPSA) is 29.3 Å². The van der Waals surface area contributed by atoms with E-state index in [1.54, 1.807) is 11.3 Å². The number of anilines is 1. The van der Waals surface area contributed by atoms with Crippen LogP contribution in [0.1, 0.15) is 29.0 Å². The lowest BCUT2D eigenvalue weighted by molar-refractivity contribution is 0.195. The summed E-state index contributed by atoms with van der Waals surface area (Å²) in [6, 6.07) is 10.7. The minimum absolute atomic E-state index is 0.394. The van der Waals surface area contributed by atoms with Gasteiger partial charge in [0.1, 0.15) is 0 Å². The highest BCUT2D eigenvalue weighted by atomic mass is 35.5. The Kier molecular flexibility index (Phi) is 3.52. The Morgan fingerprint density at radius 3 is 2.89 bits per heavy atom. The van der Waals surface area contributed by atoms with E-state index in [9.17, 15) is 0 Å². The van der Waals surface area contributed by atoms with Crippen LogP contribution in [-0.4, -0.2) is 11.4 Å². The van der Waals surface area contributed by atoms with Gasteiger partial charge in [-0.3, -0.25) is 4.90 Å². The van der Waals surface area contributed by atoms with Crippen LogP contribution in [-0.2, 0) is 13.0 Å². The van der Waals surface area contributed by atoms with Crippen molar-refractivity contribution in [3.05, 3.63) is 50.7 Å². The van der Waals surface area contributed by atoms with E-state index in [0.717, 1.165) is 29.5 Å². The molecule has 0 spiro atoms. The highest BCUT2D eigenvalue weighted by Crippen LogP contribution is 2.34. The van der Waals surface area contributed by atoms with Gasteiger partial charge < -0.3 is 5.73 Å². The Labute approximate surface area is 122 Å². The predicted octanol–water partition coefficient (Wildman–Crippen LogP) is 4.10. The second-order valence-electron chi connectivity index (χ2n) is 5.02. The molecule has 1 aliphatic rings. The highest BCUT2D eigenvalue weighted by molar-refractivity contribution is 7.16. The third-order valence-corrected chi connectivity index (χ3v) is 5.29. The maximum absolute atomic E-state index is 6.10. The molecular weight excluding hydrogens is 276 g/mol. The zero-order chi connectivity index (χ0) is 13.4. The fourth-order valence-corrected chi connectivity index (χ4v) is 3.84. The zero-order valence-corrected chi connectivity index (χ0v) is 12.5. The lowest BCUT2D eigenvalue weighted by Gasteiger charge is -2.33. The number of nitrogens with zero attached hydrogens (tertiary/aromatic N) is 1. The number of halogens is 1. The molecule has 0 aliphatic carbocycles. The fourth-order valence-electron chi connectivity index (χ4n) is 2.69. The summed E-state index contributed by atoms with van der Waals surface area (Å²) in [7, 11) is 0. The van der Waals surface area contributed by atoms with Gasteiger partial charge in [0.2, 0.25) is 0 Å². The molecule has 1 atom stereocenters. The van der Waals surface area contributed by atoms with E-state index in [1.165, 1.54) is 16.0 Å². The number of thiophene rings is 1. The Morgan fingerprint density at radius 2 is 2.16 bits per heavy atom. The summed E-state index contributed by atoms with van der Waals surface area (Å²) in [5.74, 6) is 0. The van der Waals surface area contributed by atoms with Gasteiger partial charge in [-0.25, -0.2) is 0 Å². The smallest absolute Gasteiger partial charge is 0.0931 e. The number of fused-ring (bicyclic) bond motifs is 1. The molecule has 1 aromatic carbocycles. The van der Waals surface area contributed by atoms with Crippen molar-refractivity contribution in [1.82, 2.24) is 4.90 Å². The number of hydrogen-bond donors (Lipinski definition) is 1. The molecule has 0 saturated heterocycles. The molecular formula is C15H17ClN2S. The summed E-state index contributed by atoms with van der Waals surface area (Å²) in [5.41, 5.74) is 9.71. The number of hydrogen-bond acceptors (Lipinski definition) is 3. The first-order valence-electron chi connectivity index (χ1n) is 6.50. The van der Waals surface area contributed by atoms with Crippen LogP contribution in [0, 0.1) is 0 Å². The van der Waals surface area contributed by atoms with Crippen LogP contribution >= 0.6 is 22.9 Å². The van der Waals surface area contributed by atoms with Crippen LogP contribution in [0.15, 0.2) is 30.3 Å². The standard InChI is InChI=1S/C15H17ClN2S/c1-10(14-5-6-15(16)19-14)18-8-7-11-3-2-4-13(17)12(11)9-18/h2-6,10H,7-9,17H2,1H3. The minimum Gasteiger partial charge on any atom is -0.398 e. The van der Waals surface area contributed by atoms with Gasteiger partial charge in [0.25, 0.3) is 0 Å². The second-order valence-corrected chi connectivity index (χ2v) is 6.77. The summed E-state index contributed by atoms with van der Waals surface area (Å²) in [6.07, 6.45) is 1.07. The maximum atomic E-state index is 6.10. The molecule has 0 radical (unpaired) electrons. The molecule has 2 nitrogen and oxygen atoms in total. The van der Waals surface area contributed by atoms with E-state index in [2.05, 4.69) is 24.0 Å². The number of nitrogen functional groups attached to an aromatic ring is 1. The van der Waals surface area contributed by atoms with Gasteiger partial charge in [0, 0.05) is 29.7 Å². The molecule has 3 rings (SSSR count). The van der Waals surface area contributed by atoms with E-state index in [4.69, 9.17) is 17.3 Å². The lowest BCUT2D eigenvalue weighted by Crippen LogP contribution is -2.33. The molecule has 2 aromatic rings. The first-order chi connectivity index (χ1) is 9.15. The molecule has 4 heteroatoms. The normalized spacial score (nSPS) is 17.2. The molecule has 1 unspecified atom stereocenters.